The molecule has 0 amide bonds. The van der Waals surface area contributed by atoms with Crippen LogP contribution in [-0.2, 0) is 4.74 Å². The Morgan fingerprint density at radius 2 is 2.33 bits per heavy atom. The van der Waals surface area contributed by atoms with Crippen molar-refractivity contribution >= 4 is 0 Å². The Balaban J connectivity index is 2.47. The average molecular weight is 169 g/mol. The van der Waals surface area contributed by atoms with Crippen molar-refractivity contribution in [2.45, 2.75) is 19.4 Å². The fourth-order valence-corrected chi connectivity index (χ4v) is 1.04. The molecule has 68 valence electrons. The van der Waals surface area contributed by atoms with Crippen molar-refractivity contribution < 1.29 is 9.15 Å². The zero-order valence-electron chi connectivity index (χ0n) is 7.54. The molecule has 1 atom stereocenters. The van der Waals surface area contributed by atoms with Gasteiger partial charge in [-0.1, -0.05) is 0 Å². The molecule has 0 fully saturated rings. The van der Waals surface area contributed by atoms with E-state index < -0.39 is 0 Å². The number of hydrogen-bond donors (Lipinski definition) is 1. The van der Waals surface area contributed by atoms with Crippen LogP contribution in [0.25, 0.3) is 0 Å². The van der Waals surface area contributed by atoms with Gasteiger partial charge >= 0.3 is 0 Å². The lowest BCUT2D eigenvalue weighted by Gasteiger charge is -2.06. The Hall–Kier alpha value is -0.800. The molecule has 0 radical (unpaired) electrons. The maximum absolute atomic E-state index is 5.82. The van der Waals surface area contributed by atoms with E-state index in [0.29, 0.717) is 6.61 Å². The van der Waals surface area contributed by atoms with E-state index >= 15 is 0 Å². The third kappa shape index (κ3) is 2.36. The van der Waals surface area contributed by atoms with Crippen molar-refractivity contribution in [2.24, 2.45) is 5.73 Å². The molecule has 1 unspecified atom stereocenters. The van der Waals surface area contributed by atoms with Gasteiger partial charge in [-0.25, -0.2) is 0 Å². The summed E-state index contributed by atoms with van der Waals surface area (Å²) in [4.78, 5) is 0. The summed E-state index contributed by atoms with van der Waals surface area (Å²) in [6, 6.07) is 3.79. The van der Waals surface area contributed by atoms with Crippen molar-refractivity contribution in [3.8, 4) is 0 Å². The lowest BCUT2D eigenvalue weighted by Crippen LogP contribution is -2.11. The number of hydrogen-bond acceptors (Lipinski definition) is 3. The van der Waals surface area contributed by atoms with Crippen LogP contribution in [0.3, 0.4) is 0 Å². The van der Waals surface area contributed by atoms with E-state index in [-0.39, 0.29) is 6.04 Å². The van der Waals surface area contributed by atoms with E-state index in [1.807, 2.05) is 19.1 Å². The maximum atomic E-state index is 5.82. The van der Waals surface area contributed by atoms with Crippen LogP contribution in [-0.4, -0.2) is 13.7 Å². The maximum Gasteiger partial charge on any atom is 0.120 e. The molecule has 2 N–H and O–H groups in total. The third-order valence-corrected chi connectivity index (χ3v) is 1.76. The summed E-state index contributed by atoms with van der Waals surface area (Å²) in [5.74, 6) is 1.74. The first-order valence-corrected chi connectivity index (χ1v) is 4.05. The van der Waals surface area contributed by atoms with Crippen molar-refractivity contribution in [3.05, 3.63) is 23.7 Å². The standard InChI is InChI=1S/C9H15NO2/c1-7-3-4-9(12-7)8(10)5-6-11-2/h3-4,8H,5-6,10H2,1-2H3. The second-order valence-corrected chi connectivity index (χ2v) is 2.84. The number of ether oxygens (including phenoxy) is 1. The quantitative estimate of drug-likeness (QED) is 0.745. The van der Waals surface area contributed by atoms with Crippen molar-refractivity contribution in [3.63, 3.8) is 0 Å². The van der Waals surface area contributed by atoms with Crippen LogP contribution in [0.2, 0.25) is 0 Å². The summed E-state index contributed by atoms with van der Waals surface area (Å²) in [6.45, 7) is 2.58. The zero-order chi connectivity index (χ0) is 8.97. The highest BCUT2D eigenvalue weighted by Crippen LogP contribution is 2.16. The van der Waals surface area contributed by atoms with Crippen LogP contribution in [0.5, 0.6) is 0 Å². The molecular weight excluding hydrogens is 154 g/mol. The van der Waals surface area contributed by atoms with E-state index in [4.69, 9.17) is 14.9 Å². The molecule has 0 bridgehead atoms. The van der Waals surface area contributed by atoms with Gasteiger partial charge in [-0.05, 0) is 25.5 Å². The molecule has 0 aliphatic rings. The van der Waals surface area contributed by atoms with E-state index in [1.54, 1.807) is 7.11 Å². The topological polar surface area (TPSA) is 48.4 Å². The largest absolute Gasteiger partial charge is 0.465 e. The average Bonchev–Trinajstić information content (AvgIpc) is 2.47. The minimum absolute atomic E-state index is 0.0429. The summed E-state index contributed by atoms with van der Waals surface area (Å²) in [5.41, 5.74) is 5.82. The van der Waals surface area contributed by atoms with Crippen LogP contribution in [0.4, 0.5) is 0 Å². The van der Waals surface area contributed by atoms with E-state index in [9.17, 15) is 0 Å². The summed E-state index contributed by atoms with van der Waals surface area (Å²) in [7, 11) is 1.67. The Kier molecular flexibility index (Phi) is 3.31. The van der Waals surface area contributed by atoms with Crippen molar-refractivity contribution in [2.75, 3.05) is 13.7 Å². The summed E-state index contributed by atoms with van der Waals surface area (Å²) in [6.07, 6.45) is 0.795. The minimum atomic E-state index is -0.0429. The third-order valence-electron chi connectivity index (χ3n) is 1.76. The first-order valence-electron chi connectivity index (χ1n) is 4.05. The van der Waals surface area contributed by atoms with Crippen molar-refractivity contribution in [1.82, 2.24) is 0 Å². The predicted molar refractivity (Wildman–Crippen MR) is 46.9 cm³/mol. The Morgan fingerprint density at radius 3 is 2.83 bits per heavy atom. The number of nitrogens with two attached hydrogens (primary N) is 1. The number of methoxy groups -OCH3 is 1. The van der Waals surface area contributed by atoms with Gasteiger partial charge in [0.25, 0.3) is 0 Å². The van der Waals surface area contributed by atoms with Crippen molar-refractivity contribution in [1.29, 1.82) is 0 Å². The fourth-order valence-electron chi connectivity index (χ4n) is 1.04. The summed E-state index contributed by atoms with van der Waals surface area (Å²) >= 11 is 0. The van der Waals surface area contributed by atoms with Crippen LogP contribution >= 0.6 is 0 Å². The molecule has 0 aromatic carbocycles. The molecule has 0 saturated carbocycles. The van der Waals surface area contributed by atoms with Crippen LogP contribution in [0, 0.1) is 6.92 Å². The zero-order valence-corrected chi connectivity index (χ0v) is 7.54. The Morgan fingerprint density at radius 1 is 1.58 bits per heavy atom. The monoisotopic (exact) mass is 169 g/mol. The lowest BCUT2D eigenvalue weighted by atomic mass is 10.2. The number of furan rings is 1. The van der Waals surface area contributed by atoms with E-state index in [2.05, 4.69) is 0 Å². The Bertz CT molecular complexity index is 232. The highest BCUT2D eigenvalue weighted by atomic mass is 16.5. The molecule has 1 heterocycles. The molecule has 1 aromatic rings. The number of aryl methyl sites for hydroxylation is 1. The van der Waals surface area contributed by atoms with Crippen LogP contribution < -0.4 is 5.73 Å². The molecule has 0 aliphatic heterocycles. The summed E-state index contributed by atoms with van der Waals surface area (Å²) < 4.78 is 10.3. The Labute approximate surface area is 72.5 Å². The molecule has 3 heteroatoms. The molecular formula is C9H15NO2. The van der Waals surface area contributed by atoms with Gasteiger partial charge in [0.15, 0.2) is 0 Å². The van der Waals surface area contributed by atoms with Gasteiger partial charge in [0.1, 0.15) is 11.5 Å². The van der Waals surface area contributed by atoms with Gasteiger partial charge in [0.05, 0.1) is 6.04 Å². The summed E-state index contributed by atoms with van der Waals surface area (Å²) in [5, 5.41) is 0. The van der Waals surface area contributed by atoms with Gasteiger partial charge in [0, 0.05) is 13.7 Å². The second-order valence-electron chi connectivity index (χ2n) is 2.84. The molecule has 1 rings (SSSR count). The number of rotatable bonds is 4. The first-order chi connectivity index (χ1) is 5.74. The van der Waals surface area contributed by atoms with E-state index in [0.717, 1.165) is 17.9 Å². The van der Waals surface area contributed by atoms with Gasteiger partial charge in [-0.15, -0.1) is 0 Å². The highest BCUT2D eigenvalue weighted by molar-refractivity contribution is 5.08. The normalized spacial score (nSPS) is 13.2. The van der Waals surface area contributed by atoms with Crippen LogP contribution in [0.15, 0.2) is 16.5 Å². The van der Waals surface area contributed by atoms with Gasteiger partial charge in [-0.2, -0.15) is 0 Å². The molecule has 1 aromatic heterocycles. The van der Waals surface area contributed by atoms with E-state index in [1.165, 1.54) is 0 Å². The van der Waals surface area contributed by atoms with Gasteiger partial charge < -0.3 is 14.9 Å². The SMILES string of the molecule is COCCC(N)c1ccc(C)o1. The molecule has 0 aliphatic carbocycles. The van der Waals surface area contributed by atoms with Gasteiger partial charge in [-0.3, -0.25) is 0 Å². The molecule has 0 saturated heterocycles. The fraction of sp³-hybridized carbons (Fsp3) is 0.556. The molecule has 12 heavy (non-hydrogen) atoms. The van der Waals surface area contributed by atoms with Crippen LogP contribution in [0.1, 0.15) is 24.0 Å². The first kappa shape index (κ1) is 9.29. The lowest BCUT2D eigenvalue weighted by molar-refractivity contribution is 0.185. The smallest absolute Gasteiger partial charge is 0.120 e. The predicted octanol–water partition coefficient (Wildman–Crippen LogP) is 1.62. The highest BCUT2D eigenvalue weighted by Gasteiger charge is 2.08. The second kappa shape index (κ2) is 4.28. The van der Waals surface area contributed by atoms with Gasteiger partial charge in [0.2, 0.25) is 0 Å². The molecule has 0 spiro atoms. The molecule has 3 nitrogen and oxygen atoms in total. The minimum Gasteiger partial charge on any atom is -0.465 e.